The molecule has 0 unspecified atom stereocenters. The summed E-state index contributed by atoms with van der Waals surface area (Å²) in [4.78, 5) is 39.2. The van der Waals surface area contributed by atoms with Crippen LogP contribution in [0.15, 0.2) is 36.4 Å². The zero-order chi connectivity index (χ0) is 17.3. The average molecular weight is 336 g/mol. The molecule has 6 atom stereocenters. The molecule has 5 heteroatoms. The van der Waals surface area contributed by atoms with Crippen molar-refractivity contribution in [3.05, 3.63) is 42.0 Å². The number of nitrogens with one attached hydrogen (secondary N) is 1. The highest BCUT2D eigenvalue weighted by atomic mass is 16.2. The van der Waals surface area contributed by atoms with Gasteiger partial charge in [0.05, 0.1) is 11.8 Å². The van der Waals surface area contributed by atoms with E-state index in [4.69, 9.17) is 0 Å². The van der Waals surface area contributed by atoms with Gasteiger partial charge < -0.3 is 5.32 Å². The van der Waals surface area contributed by atoms with Gasteiger partial charge in [0, 0.05) is 5.69 Å². The van der Waals surface area contributed by atoms with E-state index in [2.05, 4.69) is 17.5 Å². The summed E-state index contributed by atoms with van der Waals surface area (Å²) < 4.78 is 0. The molecule has 25 heavy (non-hydrogen) atoms. The number of hydrogen-bond donors (Lipinski definition) is 1. The Labute approximate surface area is 146 Å². The number of rotatable bonds is 3. The van der Waals surface area contributed by atoms with Crippen molar-refractivity contribution in [1.82, 2.24) is 4.90 Å². The van der Waals surface area contributed by atoms with Gasteiger partial charge in [-0.05, 0) is 49.1 Å². The summed E-state index contributed by atoms with van der Waals surface area (Å²) in [6.07, 6.45) is 5.42. The Morgan fingerprint density at radius 3 is 2.16 bits per heavy atom. The van der Waals surface area contributed by atoms with Crippen LogP contribution in [0.5, 0.6) is 0 Å². The summed E-state index contributed by atoms with van der Waals surface area (Å²) in [5, 5.41) is 2.77. The third-order valence-corrected chi connectivity index (χ3v) is 6.39. The lowest BCUT2D eigenvalue weighted by Gasteiger charge is -2.37. The second-order valence-corrected chi connectivity index (χ2v) is 7.83. The average Bonchev–Trinajstić information content (AvgIpc) is 3.38. The van der Waals surface area contributed by atoms with Crippen LogP contribution < -0.4 is 5.32 Å². The number of nitrogens with zero attached hydrogens (tertiary/aromatic N) is 1. The topological polar surface area (TPSA) is 66.5 Å². The Balaban J connectivity index is 1.32. The summed E-state index contributed by atoms with van der Waals surface area (Å²) in [7, 11) is 0. The Kier molecular flexibility index (Phi) is 3.00. The highest BCUT2D eigenvalue weighted by molar-refractivity contribution is 6.09. The smallest absolute Gasteiger partial charge is 0.244 e. The molecule has 0 spiro atoms. The number of carbonyl (C=O) groups is 3. The molecule has 6 rings (SSSR count). The van der Waals surface area contributed by atoms with Crippen LogP contribution in [0.3, 0.4) is 0 Å². The van der Waals surface area contributed by atoms with E-state index < -0.39 is 0 Å². The number of hydrogen-bond acceptors (Lipinski definition) is 3. The molecule has 128 valence electrons. The van der Waals surface area contributed by atoms with Crippen molar-refractivity contribution < 1.29 is 14.4 Å². The van der Waals surface area contributed by atoms with Crippen molar-refractivity contribution in [3.8, 4) is 0 Å². The number of amides is 3. The maximum atomic E-state index is 12.8. The Morgan fingerprint density at radius 2 is 1.60 bits per heavy atom. The van der Waals surface area contributed by atoms with E-state index in [0.717, 1.165) is 12.0 Å². The summed E-state index contributed by atoms with van der Waals surface area (Å²) >= 11 is 0. The lowest BCUT2D eigenvalue weighted by molar-refractivity contribution is -0.142. The SMILES string of the molecule is Cc1ccc(NC(=O)CN2C(=O)[C@@H]3[C@H]4C=C[C@@H]([C@@H]5C[C@H]45)[C@@H]3C2=O)cc1. The number of anilines is 1. The van der Waals surface area contributed by atoms with Gasteiger partial charge >= 0.3 is 0 Å². The molecule has 0 radical (unpaired) electrons. The largest absolute Gasteiger partial charge is 0.325 e. The van der Waals surface area contributed by atoms with Crippen LogP contribution in [0.2, 0.25) is 0 Å². The van der Waals surface area contributed by atoms with E-state index in [0.29, 0.717) is 17.5 Å². The first kappa shape index (κ1) is 14.9. The molecule has 0 aromatic heterocycles. The molecular formula is C20H20N2O3. The van der Waals surface area contributed by atoms with Crippen LogP contribution in [0.1, 0.15) is 12.0 Å². The second kappa shape index (κ2) is 5.04. The fraction of sp³-hybridized carbons (Fsp3) is 0.450. The van der Waals surface area contributed by atoms with Gasteiger partial charge in [-0.25, -0.2) is 0 Å². The highest BCUT2D eigenvalue weighted by Crippen LogP contribution is 2.65. The molecule has 1 aromatic carbocycles. The van der Waals surface area contributed by atoms with E-state index in [-0.39, 0.29) is 47.9 Å². The van der Waals surface area contributed by atoms with Crippen LogP contribution >= 0.6 is 0 Å². The van der Waals surface area contributed by atoms with Crippen molar-refractivity contribution in [2.24, 2.45) is 35.5 Å². The van der Waals surface area contributed by atoms with Gasteiger partial charge in [0.1, 0.15) is 6.54 Å². The van der Waals surface area contributed by atoms with Crippen LogP contribution in [-0.2, 0) is 14.4 Å². The minimum absolute atomic E-state index is 0.154. The van der Waals surface area contributed by atoms with Gasteiger partial charge in [-0.3, -0.25) is 19.3 Å². The number of imide groups is 1. The van der Waals surface area contributed by atoms with E-state index >= 15 is 0 Å². The molecule has 1 saturated heterocycles. The van der Waals surface area contributed by atoms with Gasteiger partial charge in [-0.1, -0.05) is 29.8 Å². The maximum absolute atomic E-state index is 12.8. The molecule has 1 aromatic rings. The summed E-state index contributed by atoms with van der Waals surface area (Å²) in [5.74, 6) is 0.441. The van der Waals surface area contributed by atoms with E-state index in [1.807, 2.05) is 31.2 Å². The Bertz CT molecular complexity index is 777. The number of allylic oxidation sites excluding steroid dienone is 2. The van der Waals surface area contributed by atoms with Gasteiger partial charge in [0.25, 0.3) is 0 Å². The molecule has 1 aliphatic heterocycles. The lowest BCUT2D eigenvalue weighted by Crippen LogP contribution is -2.40. The molecule has 4 aliphatic carbocycles. The monoisotopic (exact) mass is 336 g/mol. The highest BCUT2D eigenvalue weighted by Gasteiger charge is 2.67. The molecule has 3 amide bonds. The zero-order valence-electron chi connectivity index (χ0n) is 14.0. The third-order valence-electron chi connectivity index (χ3n) is 6.39. The fourth-order valence-electron chi connectivity index (χ4n) is 5.16. The first-order chi connectivity index (χ1) is 12.0. The summed E-state index contributed by atoms with van der Waals surface area (Å²) in [5.41, 5.74) is 1.78. The predicted octanol–water partition coefficient (Wildman–Crippen LogP) is 1.99. The van der Waals surface area contributed by atoms with Crippen LogP contribution in [0.25, 0.3) is 0 Å². The summed E-state index contributed by atoms with van der Waals surface area (Å²) in [6.45, 7) is 1.79. The Hall–Kier alpha value is -2.43. The van der Waals surface area contributed by atoms with Crippen LogP contribution in [0.4, 0.5) is 5.69 Å². The first-order valence-corrected chi connectivity index (χ1v) is 8.94. The summed E-state index contributed by atoms with van der Waals surface area (Å²) in [6, 6.07) is 7.45. The minimum atomic E-state index is -0.324. The van der Waals surface area contributed by atoms with Crippen molar-refractivity contribution in [1.29, 1.82) is 0 Å². The van der Waals surface area contributed by atoms with Gasteiger partial charge in [0.2, 0.25) is 17.7 Å². The van der Waals surface area contributed by atoms with E-state index in [1.165, 1.54) is 4.90 Å². The number of carbonyl (C=O) groups excluding carboxylic acids is 3. The van der Waals surface area contributed by atoms with Gasteiger partial charge in [0.15, 0.2) is 0 Å². The molecule has 5 nitrogen and oxygen atoms in total. The standard InChI is InChI=1S/C20H20N2O3/c1-10-2-4-11(5-3-10)21-16(23)9-22-19(24)17-12-6-7-13(15-8-14(12)15)18(17)20(22)25/h2-7,12-15,17-18H,8-9H2,1H3,(H,21,23)/t12-,13-,14-,15+,17-,18+/m0/s1. The minimum Gasteiger partial charge on any atom is -0.325 e. The van der Waals surface area contributed by atoms with Crippen molar-refractivity contribution in [3.63, 3.8) is 0 Å². The van der Waals surface area contributed by atoms with Crippen LogP contribution in [0, 0.1) is 42.4 Å². The lowest BCUT2D eigenvalue weighted by atomic mass is 9.63. The van der Waals surface area contributed by atoms with Crippen molar-refractivity contribution >= 4 is 23.4 Å². The van der Waals surface area contributed by atoms with Crippen molar-refractivity contribution in [2.75, 3.05) is 11.9 Å². The second-order valence-electron chi connectivity index (χ2n) is 7.83. The zero-order valence-corrected chi connectivity index (χ0v) is 14.0. The van der Waals surface area contributed by atoms with Crippen LogP contribution in [-0.4, -0.2) is 29.2 Å². The number of aryl methyl sites for hydroxylation is 1. The first-order valence-electron chi connectivity index (χ1n) is 8.94. The number of likely N-dealkylation sites (tertiary alicyclic amines) is 1. The fourth-order valence-corrected chi connectivity index (χ4v) is 5.16. The Morgan fingerprint density at radius 1 is 1.04 bits per heavy atom. The molecule has 1 heterocycles. The van der Waals surface area contributed by atoms with Gasteiger partial charge in [-0.15, -0.1) is 0 Å². The molecule has 2 saturated carbocycles. The molecule has 5 aliphatic rings. The van der Waals surface area contributed by atoms with Crippen molar-refractivity contribution in [2.45, 2.75) is 13.3 Å². The number of benzene rings is 1. The molecule has 3 fully saturated rings. The quantitative estimate of drug-likeness (QED) is 0.678. The molecular weight excluding hydrogens is 316 g/mol. The molecule has 2 bridgehead atoms. The van der Waals surface area contributed by atoms with E-state index in [1.54, 1.807) is 0 Å². The third kappa shape index (κ3) is 2.11. The van der Waals surface area contributed by atoms with Gasteiger partial charge in [-0.2, -0.15) is 0 Å². The maximum Gasteiger partial charge on any atom is 0.244 e. The normalized spacial score (nSPS) is 37.1. The predicted molar refractivity (Wildman–Crippen MR) is 91.2 cm³/mol. The van der Waals surface area contributed by atoms with E-state index in [9.17, 15) is 14.4 Å². The molecule has 1 N–H and O–H groups in total.